The molecule has 2 nitrogen and oxygen atoms in total. The topological polar surface area (TPSA) is 40.5 Å². The van der Waals surface area contributed by atoms with Crippen molar-refractivity contribution in [3.8, 4) is 0 Å². The molecule has 0 aromatic carbocycles. The summed E-state index contributed by atoms with van der Waals surface area (Å²) in [5, 5.41) is 18.2. The van der Waals surface area contributed by atoms with E-state index in [0.717, 1.165) is 19.3 Å². The lowest BCUT2D eigenvalue weighted by atomic mass is 9.74. The van der Waals surface area contributed by atoms with E-state index in [1.54, 1.807) is 0 Å². The van der Waals surface area contributed by atoms with Crippen molar-refractivity contribution in [1.82, 2.24) is 0 Å². The standard InChI is InChI=1S/C7H12O2/c8-5-1-4-2-7(9)6(4)3-5/h4-9H,1-3H2/t4-,5?,6-,7+/m0/s1. The van der Waals surface area contributed by atoms with Gasteiger partial charge in [0, 0.05) is 0 Å². The molecule has 0 saturated heterocycles. The second-order valence-electron chi connectivity index (χ2n) is 3.35. The van der Waals surface area contributed by atoms with Gasteiger partial charge in [0.1, 0.15) is 0 Å². The van der Waals surface area contributed by atoms with Gasteiger partial charge in [-0.15, -0.1) is 0 Å². The van der Waals surface area contributed by atoms with E-state index in [0.29, 0.717) is 11.8 Å². The van der Waals surface area contributed by atoms with Crippen LogP contribution in [0.25, 0.3) is 0 Å². The molecule has 2 rings (SSSR count). The van der Waals surface area contributed by atoms with E-state index in [-0.39, 0.29) is 12.2 Å². The summed E-state index contributed by atoms with van der Waals surface area (Å²) >= 11 is 0. The van der Waals surface area contributed by atoms with Crippen LogP contribution in [0.1, 0.15) is 19.3 Å². The lowest BCUT2D eigenvalue weighted by Crippen LogP contribution is -2.37. The molecule has 2 saturated carbocycles. The minimum Gasteiger partial charge on any atom is -0.393 e. The third-order valence-electron chi connectivity index (χ3n) is 2.76. The van der Waals surface area contributed by atoms with Crippen LogP contribution in [0.5, 0.6) is 0 Å². The van der Waals surface area contributed by atoms with Crippen LogP contribution >= 0.6 is 0 Å². The first kappa shape index (κ1) is 5.69. The Morgan fingerprint density at radius 2 is 1.78 bits per heavy atom. The molecule has 9 heavy (non-hydrogen) atoms. The lowest BCUT2D eigenvalue weighted by molar-refractivity contribution is -0.0148. The number of fused-ring (bicyclic) bond motifs is 1. The normalized spacial score (nSPS) is 56.7. The van der Waals surface area contributed by atoms with Crippen molar-refractivity contribution in [2.24, 2.45) is 11.8 Å². The summed E-state index contributed by atoms with van der Waals surface area (Å²) in [7, 11) is 0. The highest BCUT2D eigenvalue weighted by Gasteiger charge is 2.46. The monoisotopic (exact) mass is 128 g/mol. The molecule has 2 heteroatoms. The fourth-order valence-electron chi connectivity index (χ4n) is 2.16. The van der Waals surface area contributed by atoms with Gasteiger partial charge in [0.25, 0.3) is 0 Å². The van der Waals surface area contributed by atoms with Gasteiger partial charge in [0.2, 0.25) is 0 Å². The fourth-order valence-corrected chi connectivity index (χ4v) is 2.16. The average molecular weight is 128 g/mol. The molecule has 2 aliphatic rings. The van der Waals surface area contributed by atoms with E-state index in [2.05, 4.69) is 0 Å². The molecule has 1 unspecified atom stereocenters. The fraction of sp³-hybridized carbons (Fsp3) is 1.00. The van der Waals surface area contributed by atoms with Gasteiger partial charge in [0.05, 0.1) is 12.2 Å². The van der Waals surface area contributed by atoms with Crippen molar-refractivity contribution in [2.45, 2.75) is 31.5 Å². The van der Waals surface area contributed by atoms with Crippen molar-refractivity contribution in [3.63, 3.8) is 0 Å². The van der Waals surface area contributed by atoms with E-state index in [1.165, 1.54) is 0 Å². The van der Waals surface area contributed by atoms with Crippen LogP contribution in [-0.2, 0) is 0 Å². The molecule has 0 heterocycles. The summed E-state index contributed by atoms with van der Waals surface area (Å²) < 4.78 is 0. The van der Waals surface area contributed by atoms with Crippen LogP contribution in [0.3, 0.4) is 0 Å². The Morgan fingerprint density at radius 1 is 1.00 bits per heavy atom. The summed E-state index contributed by atoms with van der Waals surface area (Å²) in [6.45, 7) is 0. The summed E-state index contributed by atoms with van der Waals surface area (Å²) in [5.41, 5.74) is 0. The van der Waals surface area contributed by atoms with Gasteiger partial charge in [-0.25, -0.2) is 0 Å². The maximum atomic E-state index is 9.12. The van der Waals surface area contributed by atoms with E-state index in [9.17, 15) is 0 Å². The Kier molecular flexibility index (Phi) is 1.08. The zero-order valence-corrected chi connectivity index (χ0v) is 5.33. The van der Waals surface area contributed by atoms with E-state index < -0.39 is 0 Å². The van der Waals surface area contributed by atoms with Crippen LogP contribution in [-0.4, -0.2) is 22.4 Å². The molecular weight excluding hydrogens is 116 g/mol. The zero-order chi connectivity index (χ0) is 6.43. The Hall–Kier alpha value is -0.0800. The Labute approximate surface area is 54.5 Å². The molecule has 2 N–H and O–H groups in total. The second kappa shape index (κ2) is 1.70. The third-order valence-corrected chi connectivity index (χ3v) is 2.76. The number of rotatable bonds is 0. The van der Waals surface area contributed by atoms with E-state index in [4.69, 9.17) is 10.2 Å². The molecular formula is C7H12O2. The van der Waals surface area contributed by atoms with Crippen LogP contribution in [0, 0.1) is 11.8 Å². The Morgan fingerprint density at radius 3 is 2.22 bits per heavy atom. The minimum atomic E-state index is -0.114. The number of hydrogen-bond donors (Lipinski definition) is 2. The average Bonchev–Trinajstić information content (AvgIpc) is 2.08. The number of aliphatic hydroxyl groups is 2. The van der Waals surface area contributed by atoms with Gasteiger partial charge in [-0.3, -0.25) is 0 Å². The van der Waals surface area contributed by atoms with Crippen LogP contribution in [0.2, 0.25) is 0 Å². The quantitative estimate of drug-likeness (QED) is 0.487. The molecule has 0 aliphatic heterocycles. The highest BCUT2D eigenvalue weighted by atomic mass is 16.3. The van der Waals surface area contributed by atoms with Gasteiger partial charge < -0.3 is 10.2 Å². The summed E-state index contributed by atoms with van der Waals surface area (Å²) in [6, 6.07) is 0. The molecule has 0 amide bonds. The predicted molar refractivity (Wildman–Crippen MR) is 32.8 cm³/mol. The number of aliphatic hydroxyl groups excluding tert-OH is 2. The molecule has 2 aliphatic carbocycles. The third kappa shape index (κ3) is 0.700. The van der Waals surface area contributed by atoms with Crippen molar-refractivity contribution in [1.29, 1.82) is 0 Å². The van der Waals surface area contributed by atoms with Crippen LogP contribution in [0.4, 0.5) is 0 Å². The van der Waals surface area contributed by atoms with Crippen LogP contribution < -0.4 is 0 Å². The van der Waals surface area contributed by atoms with E-state index in [1.807, 2.05) is 0 Å². The molecule has 2 fully saturated rings. The molecule has 0 radical (unpaired) electrons. The van der Waals surface area contributed by atoms with E-state index >= 15 is 0 Å². The van der Waals surface area contributed by atoms with Crippen molar-refractivity contribution < 1.29 is 10.2 Å². The van der Waals surface area contributed by atoms with Gasteiger partial charge in [-0.05, 0) is 31.1 Å². The maximum absolute atomic E-state index is 9.12. The SMILES string of the molecule is OC1C[C@H]2C[C@@H](O)[C@H]2C1. The minimum absolute atomic E-state index is 0.0906. The molecule has 4 atom stereocenters. The lowest BCUT2D eigenvalue weighted by Gasteiger charge is -2.35. The summed E-state index contributed by atoms with van der Waals surface area (Å²) in [4.78, 5) is 0. The first-order chi connectivity index (χ1) is 4.27. The highest BCUT2D eigenvalue weighted by molar-refractivity contribution is 4.96. The molecule has 52 valence electrons. The molecule has 0 bridgehead atoms. The zero-order valence-electron chi connectivity index (χ0n) is 5.33. The van der Waals surface area contributed by atoms with Crippen molar-refractivity contribution in [2.75, 3.05) is 0 Å². The number of hydrogen-bond acceptors (Lipinski definition) is 2. The van der Waals surface area contributed by atoms with Gasteiger partial charge >= 0.3 is 0 Å². The first-order valence-electron chi connectivity index (χ1n) is 3.63. The first-order valence-corrected chi connectivity index (χ1v) is 3.63. The second-order valence-corrected chi connectivity index (χ2v) is 3.35. The molecule has 0 aromatic heterocycles. The van der Waals surface area contributed by atoms with Crippen LogP contribution in [0.15, 0.2) is 0 Å². The summed E-state index contributed by atoms with van der Waals surface area (Å²) in [6.07, 6.45) is 2.50. The Bertz CT molecular complexity index is 124. The maximum Gasteiger partial charge on any atom is 0.0574 e. The largest absolute Gasteiger partial charge is 0.393 e. The summed E-state index contributed by atoms with van der Waals surface area (Å²) in [5.74, 6) is 1.09. The molecule has 0 aromatic rings. The van der Waals surface area contributed by atoms with Crippen molar-refractivity contribution in [3.05, 3.63) is 0 Å². The van der Waals surface area contributed by atoms with Gasteiger partial charge in [-0.2, -0.15) is 0 Å². The van der Waals surface area contributed by atoms with Gasteiger partial charge in [-0.1, -0.05) is 0 Å². The molecule has 0 spiro atoms. The predicted octanol–water partition coefficient (Wildman–Crippen LogP) is 0.138. The van der Waals surface area contributed by atoms with Gasteiger partial charge in [0.15, 0.2) is 0 Å². The highest BCUT2D eigenvalue weighted by Crippen LogP contribution is 2.46. The Balaban J connectivity index is 2.00. The van der Waals surface area contributed by atoms with Crippen molar-refractivity contribution >= 4 is 0 Å². The smallest absolute Gasteiger partial charge is 0.0574 e.